The van der Waals surface area contributed by atoms with Crippen LogP contribution >= 0.6 is 0 Å². The Morgan fingerprint density at radius 1 is 1.19 bits per heavy atom. The predicted molar refractivity (Wildman–Crippen MR) is 68.7 cm³/mol. The van der Waals surface area contributed by atoms with E-state index in [0.717, 1.165) is 11.6 Å². The molecule has 0 fully saturated rings. The van der Waals surface area contributed by atoms with Crippen LogP contribution in [0.1, 0.15) is 11.1 Å². The Kier molecular flexibility index (Phi) is 3.48. The summed E-state index contributed by atoms with van der Waals surface area (Å²) < 4.78 is 64.3. The standard InChI is InChI=1S/C12H10F3NO4S/c1-7-3-4-9-5-10(8(2)11(17)16(9)6-7)20-21(18,19)12(13,14)15/h3-6H,1-2H3. The summed E-state index contributed by atoms with van der Waals surface area (Å²) in [5.74, 6) is -0.638. The topological polar surface area (TPSA) is 64.9 Å². The van der Waals surface area contributed by atoms with Crippen LogP contribution in [-0.4, -0.2) is 18.3 Å². The second-order valence-electron chi connectivity index (χ2n) is 4.42. The summed E-state index contributed by atoms with van der Waals surface area (Å²) in [4.78, 5) is 12.0. The molecule has 2 rings (SSSR count). The van der Waals surface area contributed by atoms with Crippen molar-refractivity contribution in [2.45, 2.75) is 19.4 Å². The van der Waals surface area contributed by atoms with Crippen molar-refractivity contribution < 1.29 is 25.8 Å². The fourth-order valence-electron chi connectivity index (χ4n) is 1.69. The van der Waals surface area contributed by atoms with Gasteiger partial charge in [-0.1, -0.05) is 6.07 Å². The molecule has 0 amide bonds. The average molecular weight is 321 g/mol. The normalized spacial score (nSPS) is 12.6. The Hall–Kier alpha value is -2.03. The van der Waals surface area contributed by atoms with E-state index in [2.05, 4.69) is 4.18 Å². The fourth-order valence-corrected chi connectivity index (χ4v) is 2.20. The summed E-state index contributed by atoms with van der Waals surface area (Å²) in [6.45, 7) is 2.93. The molecule has 0 bridgehead atoms. The van der Waals surface area contributed by atoms with Crippen LogP contribution < -0.4 is 9.74 Å². The molecule has 0 aromatic carbocycles. The molecular formula is C12H10F3NO4S. The Bertz CT molecular complexity index is 868. The highest BCUT2D eigenvalue weighted by Crippen LogP contribution is 2.28. The zero-order chi connectivity index (χ0) is 16.0. The van der Waals surface area contributed by atoms with Crippen LogP contribution in [0.4, 0.5) is 13.2 Å². The largest absolute Gasteiger partial charge is 0.534 e. The number of fused-ring (bicyclic) bond motifs is 1. The Morgan fingerprint density at radius 2 is 1.81 bits per heavy atom. The van der Waals surface area contributed by atoms with E-state index in [1.54, 1.807) is 13.0 Å². The second-order valence-corrected chi connectivity index (χ2v) is 5.96. The smallest absolute Gasteiger partial charge is 0.375 e. The molecule has 5 nitrogen and oxygen atoms in total. The summed E-state index contributed by atoms with van der Waals surface area (Å²) in [6, 6.07) is 4.18. The number of hydrogen-bond donors (Lipinski definition) is 0. The lowest BCUT2D eigenvalue weighted by atomic mass is 10.2. The maximum atomic E-state index is 12.3. The molecule has 0 aliphatic carbocycles. The molecule has 21 heavy (non-hydrogen) atoms. The van der Waals surface area contributed by atoms with Gasteiger partial charge >= 0.3 is 15.6 Å². The van der Waals surface area contributed by atoms with Crippen molar-refractivity contribution in [3.8, 4) is 5.75 Å². The average Bonchev–Trinajstić information content (AvgIpc) is 2.35. The number of pyridine rings is 2. The second kappa shape index (κ2) is 4.76. The molecule has 2 heterocycles. The third kappa shape index (κ3) is 2.73. The van der Waals surface area contributed by atoms with E-state index in [0.29, 0.717) is 0 Å². The van der Waals surface area contributed by atoms with Crippen molar-refractivity contribution in [3.63, 3.8) is 0 Å². The van der Waals surface area contributed by atoms with Crippen LogP contribution in [0.25, 0.3) is 5.52 Å². The zero-order valence-electron chi connectivity index (χ0n) is 10.9. The first kappa shape index (κ1) is 15.4. The molecule has 0 aliphatic rings. The van der Waals surface area contributed by atoms with Crippen LogP contribution in [0.15, 0.2) is 29.2 Å². The van der Waals surface area contributed by atoms with Crippen molar-refractivity contribution >= 4 is 15.6 Å². The summed E-state index contributed by atoms with van der Waals surface area (Å²) in [5, 5.41) is 0. The van der Waals surface area contributed by atoms with Gasteiger partial charge < -0.3 is 4.18 Å². The van der Waals surface area contributed by atoms with Gasteiger partial charge in [-0.2, -0.15) is 21.6 Å². The first-order chi connectivity index (χ1) is 9.53. The molecule has 0 unspecified atom stereocenters. The summed E-state index contributed by atoms with van der Waals surface area (Å²) >= 11 is 0. The van der Waals surface area contributed by atoms with Gasteiger partial charge in [-0.25, -0.2) is 0 Å². The molecule has 0 saturated carbocycles. The molecule has 0 atom stereocenters. The maximum absolute atomic E-state index is 12.3. The molecule has 0 saturated heterocycles. The van der Waals surface area contributed by atoms with Crippen molar-refractivity contribution in [2.24, 2.45) is 0 Å². The van der Waals surface area contributed by atoms with E-state index in [1.807, 2.05) is 0 Å². The number of nitrogens with zero attached hydrogens (tertiary/aromatic N) is 1. The number of alkyl halides is 3. The number of aryl methyl sites for hydroxylation is 1. The highest BCUT2D eigenvalue weighted by atomic mass is 32.2. The molecule has 114 valence electrons. The Balaban J connectivity index is 2.65. The van der Waals surface area contributed by atoms with Gasteiger partial charge in [0.25, 0.3) is 5.56 Å². The quantitative estimate of drug-likeness (QED) is 0.628. The molecule has 0 N–H and O–H groups in total. The van der Waals surface area contributed by atoms with Crippen molar-refractivity contribution in [1.82, 2.24) is 4.40 Å². The van der Waals surface area contributed by atoms with E-state index in [1.165, 1.54) is 23.6 Å². The van der Waals surface area contributed by atoms with E-state index in [4.69, 9.17) is 0 Å². The van der Waals surface area contributed by atoms with Crippen molar-refractivity contribution in [1.29, 1.82) is 0 Å². The maximum Gasteiger partial charge on any atom is 0.534 e. The summed E-state index contributed by atoms with van der Waals surface area (Å²) in [5.41, 5.74) is -5.45. The van der Waals surface area contributed by atoms with Crippen LogP contribution in [-0.2, 0) is 10.1 Å². The fraction of sp³-hybridized carbons (Fsp3) is 0.250. The lowest BCUT2D eigenvalue weighted by Crippen LogP contribution is -2.29. The Morgan fingerprint density at radius 3 is 2.38 bits per heavy atom. The van der Waals surface area contributed by atoms with Crippen molar-refractivity contribution in [3.05, 3.63) is 45.9 Å². The Labute approximate surface area is 117 Å². The lowest BCUT2D eigenvalue weighted by molar-refractivity contribution is -0.0500. The molecule has 0 aliphatic heterocycles. The van der Waals surface area contributed by atoms with Crippen LogP contribution in [0.2, 0.25) is 0 Å². The molecule has 2 aromatic heterocycles. The highest BCUT2D eigenvalue weighted by Gasteiger charge is 2.48. The van der Waals surface area contributed by atoms with Gasteiger partial charge in [0.15, 0.2) is 5.75 Å². The number of halogens is 3. The van der Waals surface area contributed by atoms with Gasteiger partial charge in [0.2, 0.25) is 0 Å². The molecule has 9 heteroatoms. The van der Waals surface area contributed by atoms with Gasteiger partial charge in [0, 0.05) is 12.3 Å². The number of aromatic nitrogens is 1. The lowest BCUT2D eigenvalue weighted by Gasteiger charge is -2.12. The minimum Gasteiger partial charge on any atom is -0.375 e. The molecule has 0 spiro atoms. The van der Waals surface area contributed by atoms with E-state index in [9.17, 15) is 26.4 Å². The summed E-state index contributed by atoms with van der Waals surface area (Å²) in [7, 11) is -5.82. The van der Waals surface area contributed by atoms with Crippen LogP contribution in [0.3, 0.4) is 0 Å². The van der Waals surface area contributed by atoms with E-state index in [-0.39, 0.29) is 11.1 Å². The van der Waals surface area contributed by atoms with Crippen LogP contribution in [0.5, 0.6) is 5.75 Å². The van der Waals surface area contributed by atoms with Gasteiger partial charge in [-0.05, 0) is 25.5 Å². The monoisotopic (exact) mass is 321 g/mol. The first-order valence-corrected chi connectivity index (χ1v) is 7.07. The van der Waals surface area contributed by atoms with Gasteiger partial charge in [0.05, 0.1) is 11.1 Å². The van der Waals surface area contributed by atoms with Gasteiger partial charge in [0.1, 0.15) is 0 Å². The van der Waals surface area contributed by atoms with Gasteiger partial charge in [-0.15, -0.1) is 0 Å². The van der Waals surface area contributed by atoms with Crippen molar-refractivity contribution in [2.75, 3.05) is 0 Å². The summed E-state index contributed by atoms with van der Waals surface area (Å²) in [6.07, 6.45) is 1.49. The van der Waals surface area contributed by atoms with Gasteiger partial charge in [-0.3, -0.25) is 9.20 Å². The molecular weight excluding hydrogens is 311 g/mol. The molecule has 0 radical (unpaired) electrons. The zero-order valence-corrected chi connectivity index (χ0v) is 11.7. The number of rotatable bonds is 2. The SMILES string of the molecule is Cc1ccc2cc(OS(=O)(=O)C(F)(F)F)c(C)c(=O)n2c1. The third-order valence-electron chi connectivity index (χ3n) is 2.80. The third-order valence-corrected chi connectivity index (χ3v) is 3.76. The van der Waals surface area contributed by atoms with Crippen LogP contribution in [0, 0.1) is 13.8 Å². The van der Waals surface area contributed by atoms with E-state index < -0.39 is 26.9 Å². The first-order valence-electron chi connectivity index (χ1n) is 5.66. The minimum atomic E-state index is -5.82. The minimum absolute atomic E-state index is 0.226. The molecule has 2 aromatic rings. The highest BCUT2D eigenvalue weighted by molar-refractivity contribution is 7.88. The number of hydrogen-bond acceptors (Lipinski definition) is 4. The predicted octanol–water partition coefficient (Wildman–Crippen LogP) is 2.14. The van der Waals surface area contributed by atoms with E-state index >= 15 is 0 Å².